The predicted octanol–water partition coefficient (Wildman–Crippen LogP) is 1.51. The lowest BCUT2D eigenvalue weighted by atomic mass is 10.0. The smallest absolute Gasteiger partial charge is 0.345 e. The molecule has 0 radical (unpaired) electrons. The Labute approximate surface area is 128 Å². The molecular weight excluding hydrogens is 312 g/mol. The van der Waals surface area contributed by atoms with Crippen LogP contribution in [0.3, 0.4) is 0 Å². The van der Waals surface area contributed by atoms with Crippen molar-refractivity contribution in [3.05, 3.63) is 21.9 Å². The maximum absolute atomic E-state index is 12.3. The molecule has 6 nitrogen and oxygen atoms in total. The zero-order chi connectivity index (χ0) is 15.0. The fourth-order valence-electron chi connectivity index (χ4n) is 3.23. The number of rotatable bonds is 5. The van der Waals surface area contributed by atoms with Gasteiger partial charge in [0.25, 0.3) is 10.2 Å². The van der Waals surface area contributed by atoms with Gasteiger partial charge in [-0.25, -0.2) is 4.79 Å². The molecule has 0 aromatic carbocycles. The highest BCUT2D eigenvalue weighted by Crippen LogP contribution is 2.38. The van der Waals surface area contributed by atoms with E-state index in [1.807, 2.05) is 0 Å². The summed E-state index contributed by atoms with van der Waals surface area (Å²) >= 11 is 1.11. The Morgan fingerprint density at radius 3 is 2.62 bits per heavy atom. The highest BCUT2D eigenvalue weighted by Gasteiger charge is 2.40. The highest BCUT2D eigenvalue weighted by molar-refractivity contribution is 7.87. The van der Waals surface area contributed by atoms with Gasteiger partial charge in [0.2, 0.25) is 0 Å². The number of carboxylic acid groups (broad SMARTS) is 1. The van der Waals surface area contributed by atoms with Crippen LogP contribution in [0.4, 0.5) is 0 Å². The van der Waals surface area contributed by atoms with Gasteiger partial charge in [-0.05, 0) is 41.7 Å². The fraction of sp³-hybridized carbons (Fsp3) is 0.615. The van der Waals surface area contributed by atoms with Crippen LogP contribution in [0, 0.1) is 11.8 Å². The lowest BCUT2D eigenvalue weighted by Gasteiger charge is -2.17. The largest absolute Gasteiger partial charge is 0.477 e. The number of carboxylic acids is 1. The Morgan fingerprint density at radius 2 is 2.05 bits per heavy atom. The van der Waals surface area contributed by atoms with Crippen LogP contribution in [0.1, 0.15) is 34.5 Å². The number of nitrogens with zero attached hydrogens (tertiary/aromatic N) is 1. The van der Waals surface area contributed by atoms with E-state index in [4.69, 9.17) is 5.11 Å². The second-order valence-corrected chi connectivity index (χ2v) is 8.38. The zero-order valence-electron chi connectivity index (χ0n) is 11.5. The van der Waals surface area contributed by atoms with Crippen molar-refractivity contribution >= 4 is 27.5 Å². The molecule has 0 spiro atoms. The van der Waals surface area contributed by atoms with Gasteiger partial charge in [0.05, 0.1) is 0 Å². The number of carbonyl (C=O) groups is 1. The Morgan fingerprint density at radius 1 is 1.38 bits per heavy atom. The molecule has 116 valence electrons. The zero-order valence-corrected chi connectivity index (χ0v) is 13.1. The summed E-state index contributed by atoms with van der Waals surface area (Å²) in [4.78, 5) is 11.0. The van der Waals surface area contributed by atoms with E-state index in [2.05, 4.69) is 4.72 Å². The molecule has 8 heteroatoms. The number of fused-ring (bicyclic) bond motifs is 1. The van der Waals surface area contributed by atoms with Gasteiger partial charge < -0.3 is 5.11 Å². The van der Waals surface area contributed by atoms with E-state index in [0.29, 0.717) is 30.5 Å². The van der Waals surface area contributed by atoms with Crippen molar-refractivity contribution in [3.63, 3.8) is 0 Å². The van der Waals surface area contributed by atoms with Crippen LogP contribution in [-0.2, 0) is 16.8 Å². The molecule has 2 fully saturated rings. The van der Waals surface area contributed by atoms with E-state index in [1.54, 1.807) is 5.38 Å². The molecule has 21 heavy (non-hydrogen) atoms. The quantitative estimate of drug-likeness (QED) is 0.857. The van der Waals surface area contributed by atoms with E-state index in [-0.39, 0.29) is 11.4 Å². The van der Waals surface area contributed by atoms with Crippen molar-refractivity contribution in [2.24, 2.45) is 11.8 Å². The molecule has 0 unspecified atom stereocenters. The molecule has 0 bridgehead atoms. The lowest BCUT2D eigenvalue weighted by molar-refractivity contribution is 0.0702. The summed E-state index contributed by atoms with van der Waals surface area (Å²) in [5, 5.41) is 10.5. The molecule has 1 saturated heterocycles. The SMILES string of the molecule is O=C(O)c1cc(CNS(=O)(=O)N2C[C@H]3CCC[C@H]3C2)cs1. The van der Waals surface area contributed by atoms with Gasteiger partial charge in [-0.3, -0.25) is 0 Å². The first-order chi connectivity index (χ1) is 9.95. The van der Waals surface area contributed by atoms with Crippen LogP contribution in [0.25, 0.3) is 0 Å². The van der Waals surface area contributed by atoms with E-state index >= 15 is 0 Å². The summed E-state index contributed by atoms with van der Waals surface area (Å²) in [6, 6.07) is 1.51. The average molecular weight is 330 g/mol. The van der Waals surface area contributed by atoms with Crippen LogP contribution in [-0.4, -0.2) is 36.9 Å². The van der Waals surface area contributed by atoms with Crippen molar-refractivity contribution in [1.29, 1.82) is 0 Å². The number of thiophene rings is 1. The van der Waals surface area contributed by atoms with Crippen molar-refractivity contribution in [1.82, 2.24) is 9.03 Å². The van der Waals surface area contributed by atoms with Crippen molar-refractivity contribution in [2.75, 3.05) is 13.1 Å². The summed E-state index contributed by atoms with van der Waals surface area (Å²) in [7, 11) is -3.47. The number of nitrogens with one attached hydrogen (secondary N) is 1. The Bertz CT molecular complexity index is 628. The lowest BCUT2D eigenvalue weighted by Crippen LogP contribution is -2.39. The maximum atomic E-state index is 12.3. The van der Waals surface area contributed by atoms with Crippen molar-refractivity contribution in [3.8, 4) is 0 Å². The molecule has 2 atom stereocenters. The van der Waals surface area contributed by atoms with Crippen LogP contribution in [0.15, 0.2) is 11.4 Å². The Hall–Kier alpha value is -0.960. The van der Waals surface area contributed by atoms with Gasteiger partial charge in [0.1, 0.15) is 4.88 Å². The van der Waals surface area contributed by atoms with E-state index in [1.165, 1.54) is 16.8 Å². The summed E-state index contributed by atoms with van der Waals surface area (Å²) in [5.41, 5.74) is 0.681. The molecule has 3 rings (SSSR count). The van der Waals surface area contributed by atoms with Crippen molar-refractivity contribution < 1.29 is 18.3 Å². The third kappa shape index (κ3) is 3.13. The van der Waals surface area contributed by atoms with Gasteiger partial charge in [-0.15, -0.1) is 11.3 Å². The highest BCUT2D eigenvalue weighted by atomic mass is 32.2. The van der Waals surface area contributed by atoms with Crippen molar-refractivity contribution in [2.45, 2.75) is 25.8 Å². The fourth-order valence-corrected chi connectivity index (χ4v) is 5.29. The molecule has 2 aliphatic rings. The van der Waals surface area contributed by atoms with Gasteiger partial charge in [0, 0.05) is 19.6 Å². The number of hydrogen-bond donors (Lipinski definition) is 2. The molecular formula is C13H18N2O4S2. The molecule has 1 aliphatic carbocycles. The van der Waals surface area contributed by atoms with E-state index in [9.17, 15) is 13.2 Å². The first-order valence-electron chi connectivity index (χ1n) is 7.01. The minimum Gasteiger partial charge on any atom is -0.477 e. The molecule has 1 aliphatic heterocycles. The summed E-state index contributed by atoms with van der Waals surface area (Å²) in [6.45, 7) is 1.37. The second-order valence-electron chi connectivity index (χ2n) is 5.72. The molecule has 2 heterocycles. The first-order valence-corrected chi connectivity index (χ1v) is 9.33. The molecule has 1 saturated carbocycles. The van der Waals surface area contributed by atoms with Gasteiger partial charge in [-0.1, -0.05) is 6.42 Å². The minimum atomic E-state index is -3.47. The number of aromatic carboxylic acids is 1. The average Bonchev–Trinajstić information content (AvgIpc) is 3.11. The molecule has 2 N–H and O–H groups in total. The molecule has 0 amide bonds. The Kier molecular flexibility index (Phi) is 4.04. The predicted molar refractivity (Wildman–Crippen MR) is 79.4 cm³/mol. The van der Waals surface area contributed by atoms with Crippen LogP contribution < -0.4 is 4.72 Å². The van der Waals surface area contributed by atoms with Crippen LogP contribution >= 0.6 is 11.3 Å². The standard InChI is InChI=1S/C13H18N2O4S2/c16-13(17)12-4-9(8-20-12)5-14-21(18,19)15-6-10-2-1-3-11(10)7-15/h4,8,10-11,14H,1-3,5-7H2,(H,16,17)/t10-,11+. The molecule has 1 aromatic heterocycles. The minimum absolute atomic E-state index is 0.137. The number of hydrogen-bond acceptors (Lipinski definition) is 4. The maximum Gasteiger partial charge on any atom is 0.345 e. The van der Waals surface area contributed by atoms with Gasteiger partial charge in [-0.2, -0.15) is 17.4 Å². The summed E-state index contributed by atoms with van der Waals surface area (Å²) in [6.07, 6.45) is 3.47. The topological polar surface area (TPSA) is 86.7 Å². The Balaban J connectivity index is 1.60. The monoisotopic (exact) mass is 330 g/mol. The third-order valence-electron chi connectivity index (χ3n) is 4.36. The van der Waals surface area contributed by atoms with E-state index < -0.39 is 16.2 Å². The summed E-state index contributed by atoms with van der Waals surface area (Å²) in [5.74, 6) is 0.0455. The summed E-state index contributed by atoms with van der Waals surface area (Å²) < 4.78 is 28.7. The van der Waals surface area contributed by atoms with E-state index in [0.717, 1.165) is 24.2 Å². The first kappa shape index (κ1) is 15.0. The van der Waals surface area contributed by atoms with Gasteiger partial charge >= 0.3 is 5.97 Å². The van der Waals surface area contributed by atoms with Crippen LogP contribution in [0.5, 0.6) is 0 Å². The molecule has 1 aromatic rings. The normalized spacial score (nSPS) is 26.1. The third-order valence-corrected chi connectivity index (χ3v) is 6.81. The van der Waals surface area contributed by atoms with Crippen LogP contribution in [0.2, 0.25) is 0 Å². The second kappa shape index (κ2) is 5.68. The van der Waals surface area contributed by atoms with Gasteiger partial charge in [0.15, 0.2) is 0 Å².